The summed E-state index contributed by atoms with van der Waals surface area (Å²) in [6.45, 7) is 4.47. The zero-order valence-electron chi connectivity index (χ0n) is 9.36. The van der Waals surface area contributed by atoms with E-state index in [1.54, 1.807) is 13.0 Å². The van der Waals surface area contributed by atoms with E-state index < -0.39 is 29.8 Å². The van der Waals surface area contributed by atoms with Crippen LogP contribution < -0.4 is 0 Å². The van der Waals surface area contributed by atoms with Crippen molar-refractivity contribution >= 4 is 24.3 Å². The molecule has 0 spiro atoms. The van der Waals surface area contributed by atoms with Gasteiger partial charge in [0.25, 0.3) is 0 Å². The summed E-state index contributed by atoms with van der Waals surface area (Å²) >= 11 is 5.96. The van der Waals surface area contributed by atoms with Crippen molar-refractivity contribution in [1.82, 2.24) is 4.90 Å². The maximum atomic E-state index is 11.5. The normalized spacial score (nSPS) is 32.9. The molecular weight excluding hydrogens is 248 g/mol. The van der Waals surface area contributed by atoms with E-state index in [1.165, 1.54) is 6.20 Å². The number of hydrogen-bond acceptors (Lipinski definition) is 4. The largest absolute Gasteiger partial charge is 0.394 e. The van der Waals surface area contributed by atoms with Gasteiger partial charge in [0.15, 0.2) is 6.23 Å². The first-order valence-corrected chi connectivity index (χ1v) is 5.50. The summed E-state index contributed by atoms with van der Waals surface area (Å²) in [5.41, 5.74) is 0. The molecule has 1 heterocycles. The predicted molar refractivity (Wildman–Crippen MR) is 63.0 cm³/mol. The Hall–Kier alpha value is -0.950. The molecule has 4 atom stereocenters. The van der Waals surface area contributed by atoms with Crippen molar-refractivity contribution < 1.29 is 19.7 Å². The highest BCUT2D eigenvalue weighted by atomic mass is 35.5. The molecule has 0 aliphatic carbocycles. The number of aliphatic imine (C=N–C) groups is 1. The Morgan fingerprint density at radius 2 is 2.35 bits per heavy atom. The van der Waals surface area contributed by atoms with Crippen molar-refractivity contribution in [3.05, 3.63) is 12.3 Å². The molecular formula is C10H15ClN2O4. The van der Waals surface area contributed by atoms with Crippen LogP contribution in [0.4, 0.5) is 4.79 Å². The average Bonchev–Trinajstić information content (AvgIpc) is 2.62. The third-order valence-corrected chi connectivity index (χ3v) is 2.89. The summed E-state index contributed by atoms with van der Waals surface area (Å²) in [7, 11) is 0. The molecule has 2 amide bonds. The molecule has 1 saturated heterocycles. The van der Waals surface area contributed by atoms with Gasteiger partial charge in [-0.05, 0) is 13.6 Å². The van der Waals surface area contributed by atoms with Gasteiger partial charge < -0.3 is 14.9 Å². The monoisotopic (exact) mass is 262 g/mol. The SMILES string of the molecule is C=NC(=O)N(/C=C\C)[C@@H]1O[C@H](CO)[C@@H](O)[C@H]1Cl. The standard InChI is InChI=1S/C10H15ClN2O4/c1-3-4-13(10(16)12-2)9-7(11)8(15)6(5-14)17-9/h3-4,6-9,14-15H,2,5H2,1H3/b4-3-/t6-,7-,8-,9-/m1/s1. The second-order valence-electron chi connectivity index (χ2n) is 3.51. The minimum absolute atomic E-state index is 0.375. The number of rotatable bonds is 3. The lowest BCUT2D eigenvalue weighted by Crippen LogP contribution is -2.40. The minimum atomic E-state index is -1.04. The Bertz CT molecular complexity index is 323. The van der Waals surface area contributed by atoms with Crippen LogP contribution in [-0.4, -0.2) is 58.3 Å². The van der Waals surface area contributed by atoms with Crippen LogP contribution in [0.25, 0.3) is 0 Å². The highest BCUT2D eigenvalue weighted by Crippen LogP contribution is 2.28. The van der Waals surface area contributed by atoms with Gasteiger partial charge in [-0.1, -0.05) is 6.08 Å². The van der Waals surface area contributed by atoms with Crippen LogP contribution in [0.15, 0.2) is 17.3 Å². The molecule has 2 N–H and O–H groups in total. The highest BCUT2D eigenvalue weighted by molar-refractivity contribution is 6.21. The lowest BCUT2D eigenvalue weighted by atomic mass is 10.2. The van der Waals surface area contributed by atoms with Gasteiger partial charge in [0.2, 0.25) is 0 Å². The smallest absolute Gasteiger partial charge is 0.349 e. The van der Waals surface area contributed by atoms with Gasteiger partial charge in [-0.25, -0.2) is 9.79 Å². The summed E-state index contributed by atoms with van der Waals surface area (Å²) in [5.74, 6) is 0. The molecule has 0 aromatic carbocycles. The fourth-order valence-corrected chi connectivity index (χ4v) is 1.92. The van der Waals surface area contributed by atoms with Crippen molar-refractivity contribution in [2.45, 2.75) is 30.7 Å². The zero-order valence-corrected chi connectivity index (χ0v) is 10.1. The van der Waals surface area contributed by atoms with Crippen molar-refractivity contribution in [3.8, 4) is 0 Å². The van der Waals surface area contributed by atoms with Crippen LogP contribution in [0.5, 0.6) is 0 Å². The van der Waals surface area contributed by atoms with Crippen molar-refractivity contribution in [2.75, 3.05) is 6.61 Å². The Morgan fingerprint density at radius 3 is 2.76 bits per heavy atom. The molecule has 7 heteroatoms. The third-order valence-electron chi connectivity index (χ3n) is 2.41. The first kappa shape index (κ1) is 14.1. The number of ether oxygens (including phenoxy) is 1. The molecule has 1 aliphatic rings. The lowest BCUT2D eigenvalue weighted by molar-refractivity contribution is -0.0523. The van der Waals surface area contributed by atoms with E-state index in [0.29, 0.717) is 0 Å². The average molecular weight is 263 g/mol. The number of halogens is 1. The van der Waals surface area contributed by atoms with Crippen molar-refractivity contribution in [2.24, 2.45) is 4.99 Å². The van der Waals surface area contributed by atoms with Crippen LogP contribution >= 0.6 is 11.6 Å². The number of aliphatic hydroxyl groups is 2. The number of amides is 2. The van der Waals surface area contributed by atoms with Gasteiger partial charge in [-0.2, -0.15) is 0 Å². The quantitative estimate of drug-likeness (QED) is 0.567. The topological polar surface area (TPSA) is 82.4 Å². The number of nitrogens with zero attached hydrogens (tertiary/aromatic N) is 2. The number of carbonyl (C=O) groups is 1. The minimum Gasteiger partial charge on any atom is -0.394 e. The van der Waals surface area contributed by atoms with Crippen LogP contribution in [0.3, 0.4) is 0 Å². The van der Waals surface area contributed by atoms with Crippen molar-refractivity contribution in [3.63, 3.8) is 0 Å². The van der Waals surface area contributed by atoms with E-state index in [-0.39, 0.29) is 6.61 Å². The van der Waals surface area contributed by atoms with Gasteiger partial charge in [0.1, 0.15) is 17.6 Å². The van der Waals surface area contributed by atoms with E-state index in [4.69, 9.17) is 21.4 Å². The lowest BCUT2D eigenvalue weighted by Gasteiger charge is -2.25. The first-order valence-electron chi connectivity index (χ1n) is 5.07. The van der Waals surface area contributed by atoms with Gasteiger partial charge in [0, 0.05) is 6.20 Å². The van der Waals surface area contributed by atoms with Gasteiger partial charge >= 0.3 is 6.03 Å². The summed E-state index contributed by atoms with van der Waals surface area (Å²) in [6.07, 6.45) is 0.307. The van der Waals surface area contributed by atoms with E-state index >= 15 is 0 Å². The Balaban J connectivity index is 2.89. The van der Waals surface area contributed by atoms with E-state index in [9.17, 15) is 9.90 Å². The van der Waals surface area contributed by atoms with Crippen LogP contribution in [0.1, 0.15) is 6.92 Å². The number of carbonyl (C=O) groups excluding carboxylic acids is 1. The molecule has 0 bridgehead atoms. The zero-order chi connectivity index (χ0) is 13.0. The summed E-state index contributed by atoms with van der Waals surface area (Å²) in [6, 6.07) is -0.635. The molecule has 0 aromatic heterocycles. The Kier molecular flexibility index (Phi) is 5.07. The van der Waals surface area contributed by atoms with E-state index in [0.717, 1.165) is 4.90 Å². The van der Waals surface area contributed by atoms with Crippen LogP contribution in [0.2, 0.25) is 0 Å². The van der Waals surface area contributed by atoms with Gasteiger partial charge in [-0.3, -0.25) is 4.90 Å². The van der Waals surface area contributed by atoms with Gasteiger partial charge in [0.05, 0.1) is 6.61 Å². The van der Waals surface area contributed by atoms with Crippen molar-refractivity contribution in [1.29, 1.82) is 0 Å². The molecule has 6 nitrogen and oxygen atoms in total. The Morgan fingerprint density at radius 1 is 1.71 bits per heavy atom. The number of aliphatic hydroxyl groups excluding tert-OH is 2. The maximum Gasteiger partial charge on any atom is 0.349 e. The summed E-state index contributed by atoms with van der Waals surface area (Å²) in [4.78, 5) is 15.9. The second kappa shape index (κ2) is 6.11. The van der Waals surface area contributed by atoms with Crippen LogP contribution in [0, 0.1) is 0 Å². The van der Waals surface area contributed by atoms with Gasteiger partial charge in [-0.15, -0.1) is 11.6 Å². The van der Waals surface area contributed by atoms with Crippen LogP contribution in [-0.2, 0) is 4.74 Å². The molecule has 1 fully saturated rings. The molecule has 1 aliphatic heterocycles. The Labute approximate surface area is 104 Å². The number of allylic oxidation sites excluding steroid dienone is 1. The maximum absolute atomic E-state index is 11.5. The molecule has 0 saturated carbocycles. The number of urea groups is 1. The second-order valence-corrected chi connectivity index (χ2v) is 4.02. The van der Waals surface area contributed by atoms with E-state index in [1.807, 2.05) is 0 Å². The molecule has 0 aromatic rings. The molecule has 17 heavy (non-hydrogen) atoms. The van der Waals surface area contributed by atoms with E-state index in [2.05, 4.69) is 11.7 Å². The fraction of sp³-hybridized carbons (Fsp3) is 0.600. The predicted octanol–water partition coefficient (Wildman–Crippen LogP) is 0.328. The molecule has 0 unspecified atom stereocenters. The summed E-state index contributed by atoms with van der Waals surface area (Å²) in [5, 5.41) is 17.8. The number of alkyl halides is 1. The first-order chi connectivity index (χ1) is 8.06. The third kappa shape index (κ3) is 2.84. The highest BCUT2D eigenvalue weighted by Gasteiger charge is 2.45. The molecule has 96 valence electrons. The fourth-order valence-electron chi connectivity index (χ4n) is 1.58. The number of hydrogen-bond donors (Lipinski definition) is 2. The molecule has 0 radical (unpaired) electrons. The molecule has 1 rings (SSSR count). The summed E-state index contributed by atoms with van der Waals surface area (Å²) < 4.78 is 5.31.